The Bertz CT molecular complexity index is 306. The maximum atomic E-state index is 12.0. The molecule has 1 rings (SSSR count). The van der Waals surface area contributed by atoms with E-state index in [-0.39, 0.29) is 36.4 Å². The third kappa shape index (κ3) is 5.19. The summed E-state index contributed by atoms with van der Waals surface area (Å²) in [4.78, 5) is 23.3. The lowest BCUT2D eigenvalue weighted by atomic mass is 10.0. The van der Waals surface area contributed by atoms with Crippen molar-refractivity contribution in [3.05, 3.63) is 0 Å². The van der Waals surface area contributed by atoms with Crippen molar-refractivity contribution in [2.45, 2.75) is 58.6 Å². The first-order valence-electron chi connectivity index (χ1n) is 7.16. The van der Waals surface area contributed by atoms with Crippen molar-refractivity contribution in [3.63, 3.8) is 0 Å². The molecule has 1 aliphatic heterocycles. The smallest absolute Gasteiger partial charge is 0.308 e. The van der Waals surface area contributed by atoms with Gasteiger partial charge in [0.25, 0.3) is 0 Å². The van der Waals surface area contributed by atoms with E-state index in [1.165, 1.54) is 0 Å². The van der Waals surface area contributed by atoms with Crippen molar-refractivity contribution < 1.29 is 19.1 Å². The summed E-state index contributed by atoms with van der Waals surface area (Å²) in [6, 6.07) is -0.254. The van der Waals surface area contributed by atoms with Gasteiger partial charge in [0.15, 0.2) is 0 Å². The summed E-state index contributed by atoms with van der Waals surface area (Å²) in [6.45, 7) is 6.82. The van der Waals surface area contributed by atoms with Gasteiger partial charge in [0.1, 0.15) is 6.10 Å². The van der Waals surface area contributed by atoms with Gasteiger partial charge in [0.2, 0.25) is 5.91 Å². The fourth-order valence-electron chi connectivity index (χ4n) is 2.10. The van der Waals surface area contributed by atoms with Gasteiger partial charge in [-0.2, -0.15) is 0 Å². The molecule has 110 valence electrons. The number of amides is 1. The minimum Gasteiger partial charge on any atom is -0.458 e. The summed E-state index contributed by atoms with van der Waals surface area (Å²) in [6.07, 6.45) is 2.88. The number of cyclic esters (lactones) is 1. The number of ether oxygens (including phenoxy) is 2. The third-order valence-electron chi connectivity index (χ3n) is 3.37. The van der Waals surface area contributed by atoms with Gasteiger partial charge < -0.3 is 14.8 Å². The molecule has 1 aliphatic rings. The van der Waals surface area contributed by atoms with Gasteiger partial charge in [-0.25, -0.2) is 0 Å². The van der Waals surface area contributed by atoms with Crippen LogP contribution in [0.2, 0.25) is 0 Å². The Balaban J connectivity index is 2.44. The van der Waals surface area contributed by atoms with Crippen LogP contribution in [-0.4, -0.2) is 37.2 Å². The van der Waals surface area contributed by atoms with E-state index in [0.29, 0.717) is 13.2 Å². The highest BCUT2D eigenvalue weighted by atomic mass is 16.6. The summed E-state index contributed by atoms with van der Waals surface area (Å²) >= 11 is 0. The second kappa shape index (κ2) is 8.15. The van der Waals surface area contributed by atoms with Crippen LogP contribution in [0, 0.1) is 5.92 Å². The van der Waals surface area contributed by atoms with E-state index in [2.05, 4.69) is 12.2 Å². The first kappa shape index (κ1) is 16.0. The quantitative estimate of drug-likeness (QED) is 0.682. The van der Waals surface area contributed by atoms with Crippen LogP contribution in [-0.2, 0) is 19.1 Å². The van der Waals surface area contributed by atoms with E-state index in [4.69, 9.17) is 9.47 Å². The first-order chi connectivity index (χ1) is 9.08. The van der Waals surface area contributed by atoms with Gasteiger partial charge in [0, 0.05) is 12.5 Å². The average molecular weight is 271 g/mol. The van der Waals surface area contributed by atoms with E-state index >= 15 is 0 Å². The Hall–Kier alpha value is -1.10. The molecule has 1 N–H and O–H groups in total. The molecular weight excluding hydrogens is 246 g/mol. The molecule has 5 nitrogen and oxygen atoms in total. The van der Waals surface area contributed by atoms with Gasteiger partial charge in [0.05, 0.1) is 19.1 Å². The Kier molecular flexibility index (Phi) is 6.84. The number of hydrogen-bond donors (Lipinski definition) is 1. The SMILES string of the molecule is CCCC[C@H](C)C(=O)N[C@H]1CC(=O)OC1COCC. The predicted octanol–water partition coefficient (Wildman–Crippen LogP) is 1.65. The van der Waals surface area contributed by atoms with Crippen molar-refractivity contribution in [2.75, 3.05) is 13.2 Å². The lowest BCUT2D eigenvalue weighted by Gasteiger charge is -2.20. The van der Waals surface area contributed by atoms with Gasteiger partial charge in [-0.3, -0.25) is 9.59 Å². The van der Waals surface area contributed by atoms with Crippen LogP contribution < -0.4 is 5.32 Å². The molecule has 1 fully saturated rings. The third-order valence-corrected chi connectivity index (χ3v) is 3.37. The molecule has 1 unspecified atom stereocenters. The number of carbonyl (C=O) groups is 2. The fraction of sp³-hybridized carbons (Fsp3) is 0.857. The summed E-state index contributed by atoms with van der Waals surface area (Å²) in [5, 5.41) is 2.91. The van der Waals surface area contributed by atoms with Gasteiger partial charge in [-0.15, -0.1) is 0 Å². The first-order valence-corrected chi connectivity index (χ1v) is 7.16. The number of rotatable bonds is 8. The van der Waals surface area contributed by atoms with Crippen LogP contribution in [0.25, 0.3) is 0 Å². The highest BCUT2D eigenvalue weighted by Crippen LogP contribution is 2.17. The number of carbonyl (C=O) groups excluding carboxylic acids is 2. The van der Waals surface area contributed by atoms with E-state index in [1.54, 1.807) is 0 Å². The standard InChI is InChI=1S/C14H25NO4/c1-4-6-7-10(3)14(17)15-11-8-13(16)19-12(11)9-18-5-2/h10-12H,4-9H2,1-3H3,(H,15,17)/t10-,11-,12?/m0/s1. The molecule has 0 aromatic heterocycles. The molecule has 5 heteroatoms. The van der Waals surface area contributed by atoms with Crippen molar-refractivity contribution in [1.82, 2.24) is 5.32 Å². The zero-order chi connectivity index (χ0) is 14.3. The number of unbranched alkanes of at least 4 members (excludes halogenated alkanes) is 1. The van der Waals surface area contributed by atoms with Crippen LogP contribution >= 0.6 is 0 Å². The zero-order valence-electron chi connectivity index (χ0n) is 12.1. The molecule has 0 aromatic carbocycles. The minimum absolute atomic E-state index is 0.00162. The topological polar surface area (TPSA) is 64.6 Å². The number of hydrogen-bond acceptors (Lipinski definition) is 4. The lowest BCUT2D eigenvalue weighted by Crippen LogP contribution is -2.44. The minimum atomic E-state index is -0.352. The molecule has 0 aromatic rings. The van der Waals surface area contributed by atoms with Crippen molar-refractivity contribution in [3.8, 4) is 0 Å². The average Bonchev–Trinajstić information content (AvgIpc) is 2.73. The fourth-order valence-corrected chi connectivity index (χ4v) is 2.10. The van der Waals surface area contributed by atoms with Crippen LogP contribution in [0.15, 0.2) is 0 Å². The highest BCUT2D eigenvalue weighted by molar-refractivity contribution is 5.80. The molecule has 1 amide bonds. The van der Waals surface area contributed by atoms with Crippen molar-refractivity contribution in [2.24, 2.45) is 5.92 Å². The zero-order valence-corrected chi connectivity index (χ0v) is 12.1. The summed E-state index contributed by atoms with van der Waals surface area (Å²) in [7, 11) is 0. The molecule has 0 bridgehead atoms. The molecule has 0 saturated carbocycles. The molecule has 0 aliphatic carbocycles. The summed E-state index contributed by atoms with van der Waals surface area (Å²) in [5.41, 5.74) is 0. The highest BCUT2D eigenvalue weighted by Gasteiger charge is 2.36. The van der Waals surface area contributed by atoms with Crippen LogP contribution in [0.4, 0.5) is 0 Å². The molecule has 19 heavy (non-hydrogen) atoms. The normalized spacial score (nSPS) is 24.1. The van der Waals surface area contributed by atoms with Crippen molar-refractivity contribution in [1.29, 1.82) is 0 Å². The van der Waals surface area contributed by atoms with Crippen LogP contribution in [0.1, 0.15) is 46.5 Å². The molecule has 3 atom stereocenters. The van der Waals surface area contributed by atoms with Gasteiger partial charge >= 0.3 is 5.97 Å². The number of nitrogens with one attached hydrogen (secondary N) is 1. The van der Waals surface area contributed by atoms with Crippen LogP contribution in [0.3, 0.4) is 0 Å². The Morgan fingerprint density at radius 2 is 2.26 bits per heavy atom. The second-order valence-electron chi connectivity index (χ2n) is 5.05. The molecule has 0 radical (unpaired) electrons. The molecule has 1 saturated heterocycles. The number of esters is 1. The maximum absolute atomic E-state index is 12.0. The van der Waals surface area contributed by atoms with Crippen molar-refractivity contribution >= 4 is 11.9 Å². The van der Waals surface area contributed by atoms with Gasteiger partial charge in [-0.05, 0) is 13.3 Å². The second-order valence-corrected chi connectivity index (χ2v) is 5.05. The van der Waals surface area contributed by atoms with Crippen LogP contribution in [0.5, 0.6) is 0 Å². The van der Waals surface area contributed by atoms with E-state index in [0.717, 1.165) is 19.3 Å². The summed E-state index contributed by atoms with van der Waals surface area (Å²) < 4.78 is 10.4. The molecule has 0 spiro atoms. The van der Waals surface area contributed by atoms with E-state index < -0.39 is 0 Å². The predicted molar refractivity (Wildman–Crippen MR) is 71.6 cm³/mol. The molecular formula is C14H25NO4. The van der Waals surface area contributed by atoms with E-state index in [1.807, 2.05) is 13.8 Å². The monoisotopic (exact) mass is 271 g/mol. The Morgan fingerprint density at radius 3 is 2.89 bits per heavy atom. The molecule has 1 heterocycles. The Labute approximate surface area is 115 Å². The summed E-state index contributed by atoms with van der Waals surface area (Å²) in [5.74, 6) is -0.294. The van der Waals surface area contributed by atoms with E-state index in [9.17, 15) is 9.59 Å². The van der Waals surface area contributed by atoms with Gasteiger partial charge in [-0.1, -0.05) is 26.7 Å². The lowest BCUT2D eigenvalue weighted by molar-refractivity contribution is -0.143. The maximum Gasteiger partial charge on any atom is 0.308 e. The largest absolute Gasteiger partial charge is 0.458 e. The Morgan fingerprint density at radius 1 is 1.53 bits per heavy atom.